The van der Waals surface area contributed by atoms with Crippen LogP contribution in [-0.2, 0) is 54.0 Å². The van der Waals surface area contributed by atoms with Gasteiger partial charge in [-0.2, -0.15) is 8.90 Å². The molecule has 19 heteroatoms. The van der Waals surface area contributed by atoms with Gasteiger partial charge in [0.25, 0.3) is 5.52 Å². The third-order valence-corrected chi connectivity index (χ3v) is 12.9. The molecule has 0 spiro atoms. The summed E-state index contributed by atoms with van der Waals surface area (Å²) in [6.45, 7) is 1.51. The van der Waals surface area contributed by atoms with E-state index in [1.54, 1.807) is 6.08 Å². The second kappa shape index (κ2) is 17.5. The zero-order chi connectivity index (χ0) is 42.0. The number of fused-ring (bicyclic) bond motifs is 8. The van der Waals surface area contributed by atoms with Gasteiger partial charge in [-0.25, -0.2) is 16.8 Å². The predicted molar refractivity (Wildman–Crippen MR) is 222 cm³/mol. The normalized spacial score (nSPS) is 14.1. The van der Waals surface area contributed by atoms with E-state index in [0.29, 0.717) is 73.1 Å². The highest BCUT2D eigenvalue weighted by Gasteiger charge is 2.32. The van der Waals surface area contributed by atoms with Crippen LogP contribution in [-0.4, -0.2) is 65.2 Å². The number of aromatic nitrogens is 3. The van der Waals surface area contributed by atoms with Crippen LogP contribution in [0.3, 0.4) is 0 Å². The van der Waals surface area contributed by atoms with Gasteiger partial charge in [0.1, 0.15) is 12.4 Å². The van der Waals surface area contributed by atoms with Gasteiger partial charge in [0, 0.05) is 113 Å². The first kappa shape index (κ1) is 41.7. The largest absolute Gasteiger partial charge is 0.748 e. The molecule has 60 heavy (non-hydrogen) atoms. The van der Waals surface area contributed by atoms with Gasteiger partial charge in [-0.1, -0.05) is 36.4 Å². The molecule has 4 aromatic carbocycles. The molecule has 16 nitrogen and oxygen atoms in total. The van der Waals surface area contributed by atoms with Crippen molar-refractivity contribution in [1.82, 2.24) is 9.13 Å². The number of rotatable bonds is 20. The molecule has 0 N–H and O–H groups in total. The molecule has 0 saturated carbocycles. The van der Waals surface area contributed by atoms with Crippen LogP contribution in [0.2, 0.25) is 0 Å². The summed E-state index contributed by atoms with van der Waals surface area (Å²) in [6.07, 6.45) is 5.17. The fraction of sp³-hybridized carbons (Fsp3) is 0.317. The summed E-state index contributed by atoms with van der Waals surface area (Å²) in [6, 6.07) is 23.6. The van der Waals surface area contributed by atoms with Crippen molar-refractivity contribution in [2.24, 2.45) is 0 Å². The Bertz CT molecular complexity index is 2990. The SMILES string of the molecule is O=CCCCCN1C(=Cc2oc3cc4c(cc3[n+]2CCCS(=O)(=O)[O-])c2ccccc2n4CCCS(=O)(=O)[O-])Oc2cc3c(cc21)c1ccccc1n3CCCSOO[O-]. The number of carbonyl (C=O) groups excluding carboxylic acids is 1. The summed E-state index contributed by atoms with van der Waals surface area (Å²) in [7, 11) is -8.93. The maximum atomic E-state index is 11.7. The molecule has 0 aliphatic carbocycles. The topological polar surface area (TPSA) is 212 Å². The van der Waals surface area contributed by atoms with E-state index in [2.05, 4.69) is 32.1 Å². The molecule has 0 fully saturated rings. The molecule has 8 rings (SSSR count). The zero-order valence-electron chi connectivity index (χ0n) is 32.2. The van der Waals surface area contributed by atoms with E-state index >= 15 is 0 Å². The van der Waals surface area contributed by atoms with E-state index in [9.17, 15) is 36.0 Å². The molecule has 3 aromatic heterocycles. The summed E-state index contributed by atoms with van der Waals surface area (Å²) in [4.78, 5) is 13.3. The van der Waals surface area contributed by atoms with Crippen molar-refractivity contribution >= 4 is 105 Å². The number of nitrogens with zero attached hydrogens (tertiary/aromatic N) is 4. The molecular formula is C41H40N4O12S3-2. The summed E-state index contributed by atoms with van der Waals surface area (Å²) >= 11 is 0.936. The first-order valence-electron chi connectivity index (χ1n) is 19.4. The Hall–Kier alpha value is -4.99. The monoisotopic (exact) mass is 876 g/mol. The van der Waals surface area contributed by atoms with Crippen molar-refractivity contribution in [3.63, 3.8) is 0 Å². The van der Waals surface area contributed by atoms with Gasteiger partial charge >= 0.3 is 5.89 Å². The third kappa shape index (κ3) is 8.75. The lowest BCUT2D eigenvalue weighted by Crippen LogP contribution is -2.36. The van der Waals surface area contributed by atoms with E-state index < -0.39 is 31.7 Å². The lowest BCUT2D eigenvalue weighted by molar-refractivity contribution is -0.777. The van der Waals surface area contributed by atoms with Crippen molar-refractivity contribution in [2.75, 3.05) is 28.7 Å². The highest BCUT2D eigenvalue weighted by atomic mass is 32.2. The van der Waals surface area contributed by atoms with Gasteiger partial charge in [0.05, 0.1) is 37.0 Å². The van der Waals surface area contributed by atoms with Crippen molar-refractivity contribution in [3.8, 4) is 5.75 Å². The fourth-order valence-electron chi connectivity index (χ4n) is 8.18. The summed E-state index contributed by atoms with van der Waals surface area (Å²) < 4.78 is 93.2. The first-order valence-corrected chi connectivity index (χ1v) is 23.5. The lowest BCUT2D eigenvalue weighted by atomic mass is 10.1. The number of benzene rings is 4. The highest BCUT2D eigenvalue weighted by molar-refractivity contribution is 7.94. The number of carbonyl (C=O) groups is 1. The molecule has 1 aliphatic rings. The molecular weight excluding hydrogens is 837 g/mol. The average molecular weight is 877 g/mol. The van der Waals surface area contributed by atoms with Gasteiger partial charge in [-0.05, 0) is 43.9 Å². The third-order valence-electron chi connectivity index (χ3n) is 10.7. The molecule has 4 heterocycles. The van der Waals surface area contributed by atoms with E-state index in [-0.39, 0.29) is 25.9 Å². The number of ether oxygens (including phenoxy) is 1. The number of para-hydroxylation sites is 2. The van der Waals surface area contributed by atoms with Crippen molar-refractivity contribution in [1.29, 1.82) is 0 Å². The van der Waals surface area contributed by atoms with Crippen molar-refractivity contribution in [3.05, 3.63) is 84.6 Å². The number of aryl methyl sites for hydroxylation is 3. The Morgan fingerprint density at radius 1 is 0.733 bits per heavy atom. The Kier molecular flexibility index (Phi) is 12.2. The molecule has 0 atom stereocenters. The number of unbranched alkanes of at least 4 members (excludes halogenated alkanes) is 2. The minimum Gasteiger partial charge on any atom is -0.748 e. The van der Waals surface area contributed by atoms with Crippen LogP contribution >= 0.6 is 12.0 Å². The minimum absolute atomic E-state index is 0.0117. The Balaban J connectivity index is 1.24. The van der Waals surface area contributed by atoms with Crippen LogP contribution in [0.25, 0.3) is 60.8 Å². The first-order chi connectivity index (χ1) is 28.9. The Morgan fingerprint density at radius 3 is 2.07 bits per heavy atom. The van der Waals surface area contributed by atoms with Gasteiger partial charge in [0.2, 0.25) is 11.5 Å². The van der Waals surface area contributed by atoms with Crippen LogP contribution in [0.5, 0.6) is 5.75 Å². The van der Waals surface area contributed by atoms with Crippen LogP contribution < -0.4 is 19.5 Å². The minimum atomic E-state index is -4.51. The van der Waals surface area contributed by atoms with Crippen LogP contribution in [0.1, 0.15) is 44.4 Å². The Morgan fingerprint density at radius 2 is 1.38 bits per heavy atom. The number of hydrogen-bond donors (Lipinski definition) is 0. The van der Waals surface area contributed by atoms with Crippen LogP contribution in [0.15, 0.2) is 83.1 Å². The zero-order valence-corrected chi connectivity index (χ0v) is 34.6. The van der Waals surface area contributed by atoms with E-state index in [1.165, 1.54) is 0 Å². The molecule has 0 bridgehead atoms. The van der Waals surface area contributed by atoms with Gasteiger partial charge in [-0.15, -0.1) is 0 Å². The predicted octanol–water partition coefficient (Wildman–Crippen LogP) is 5.64. The number of aldehydes is 1. The van der Waals surface area contributed by atoms with Crippen molar-refractivity contribution in [2.45, 2.75) is 58.2 Å². The van der Waals surface area contributed by atoms with Gasteiger partial charge in [-0.3, -0.25) is 5.04 Å². The quantitative estimate of drug-likeness (QED) is 0.0173. The summed E-state index contributed by atoms with van der Waals surface area (Å²) in [5.41, 5.74) is 5.45. The second-order valence-corrected chi connectivity index (χ2v) is 18.4. The molecule has 0 unspecified atom stereocenters. The summed E-state index contributed by atoms with van der Waals surface area (Å²) in [5.74, 6) is 0.789. The van der Waals surface area contributed by atoms with Crippen molar-refractivity contribution < 1.29 is 59.1 Å². The number of oxazole rings is 1. The maximum absolute atomic E-state index is 11.7. The van der Waals surface area contributed by atoms with Gasteiger partial charge in [0.15, 0.2) is 12.3 Å². The van der Waals surface area contributed by atoms with Gasteiger partial charge < -0.3 is 42.3 Å². The van der Waals surface area contributed by atoms with E-state index in [0.717, 1.165) is 67.6 Å². The Labute approximate surface area is 349 Å². The second-order valence-electron chi connectivity index (χ2n) is 14.5. The number of hydrogen-bond acceptors (Lipinski definition) is 14. The molecule has 1 aliphatic heterocycles. The lowest BCUT2D eigenvalue weighted by Gasteiger charge is -2.17. The average Bonchev–Trinajstić information content (AvgIpc) is 3.91. The smallest absolute Gasteiger partial charge is 0.379 e. The molecule has 0 saturated heterocycles. The molecule has 316 valence electrons. The van der Waals surface area contributed by atoms with Crippen LogP contribution in [0, 0.1) is 0 Å². The van der Waals surface area contributed by atoms with Crippen LogP contribution in [0.4, 0.5) is 5.69 Å². The standard InChI is InChI=1S/C41H42N4O12S3/c46-19-7-1-6-15-44-36-23-30-28-11-2-4-13-32(28)42(16-8-20-58-57-56-47)34(30)25-38(36)54-40(44)27-41-45(18-10-22-60(51,52)53)37-24-31-29-12-3-5-14-33(29)43(17-9-21-59(48,49)50)35(31)26-39(37)55-41/h2-5,11-14,19,23-27H,1,6-10,15-18,20-22H2,(H2-,47,48,49,50,51,52,53)/p-2. The molecule has 0 amide bonds. The molecule has 0 radical (unpaired) electrons. The van der Waals surface area contributed by atoms with E-state index in [4.69, 9.17) is 9.15 Å². The summed E-state index contributed by atoms with van der Waals surface area (Å²) in [5, 5.41) is 17.5. The number of anilines is 1. The van der Waals surface area contributed by atoms with E-state index in [1.807, 2.05) is 68.6 Å². The molecule has 7 aromatic rings. The highest BCUT2D eigenvalue weighted by Crippen LogP contribution is 2.45. The fourth-order valence-corrected chi connectivity index (χ4v) is 9.50. The maximum Gasteiger partial charge on any atom is 0.379 e.